The number of halogens is 1. The second kappa shape index (κ2) is 8.06. The molecule has 0 saturated carbocycles. The van der Waals surface area contributed by atoms with Crippen molar-refractivity contribution < 1.29 is 14.8 Å². The number of aliphatic hydroxyl groups excluding tert-OH is 1. The average molecular weight is 429 g/mol. The summed E-state index contributed by atoms with van der Waals surface area (Å²) < 4.78 is 6.59. The molecule has 0 amide bonds. The molecule has 23 heavy (non-hydrogen) atoms. The van der Waals surface area contributed by atoms with E-state index in [9.17, 15) is 15.2 Å². The molecule has 7 nitrogen and oxygen atoms in total. The van der Waals surface area contributed by atoms with Crippen molar-refractivity contribution in [3.63, 3.8) is 0 Å². The molecule has 0 bridgehead atoms. The lowest BCUT2D eigenvalue weighted by Crippen LogP contribution is -2.26. The highest BCUT2D eigenvalue weighted by molar-refractivity contribution is 14.1. The van der Waals surface area contributed by atoms with Gasteiger partial charge in [-0.2, -0.15) is 0 Å². The number of ether oxygens (including phenoxy) is 1. The predicted octanol–water partition coefficient (Wildman–Crippen LogP) is 2.75. The van der Waals surface area contributed by atoms with E-state index >= 15 is 0 Å². The highest BCUT2D eigenvalue weighted by Gasteiger charge is 2.12. The van der Waals surface area contributed by atoms with Crippen LogP contribution in [0.1, 0.15) is 5.56 Å². The third-order valence-corrected chi connectivity index (χ3v) is 3.77. The normalized spacial score (nSPS) is 11.8. The molecule has 1 heterocycles. The largest absolute Gasteiger partial charge is 0.491 e. The molecule has 0 spiro atoms. The van der Waals surface area contributed by atoms with Gasteiger partial charge in [-0.3, -0.25) is 10.1 Å². The number of nitrogens with zero attached hydrogens (tertiary/aromatic N) is 2. The minimum absolute atomic E-state index is 0.0295. The third-order valence-electron chi connectivity index (χ3n) is 3.05. The highest BCUT2D eigenvalue weighted by Crippen LogP contribution is 2.19. The summed E-state index contributed by atoms with van der Waals surface area (Å²) in [6.07, 6.45) is 0.471. The fourth-order valence-electron chi connectivity index (χ4n) is 1.84. The van der Waals surface area contributed by atoms with E-state index in [1.165, 1.54) is 6.20 Å². The minimum Gasteiger partial charge on any atom is -0.491 e. The molecule has 0 fully saturated rings. The zero-order chi connectivity index (χ0) is 16.8. The Morgan fingerprint density at radius 2 is 2.13 bits per heavy atom. The van der Waals surface area contributed by atoms with E-state index in [1.807, 2.05) is 24.3 Å². The first-order chi connectivity index (χ1) is 11.0. The SMILES string of the molecule is Cc1cc(NCC(O)COc2ccc(I)cc2)ncc1[N+](=O)[O-]. The van der Waals surface area contributed by atoms with Gasteiger partial charge < -0.3 is 15.2 Å². The lowest BCUT2D eigenvalue weighted by Gasteiger charge is -2.14. The summed E-state index contributed by atoms with van der Waals surface area (Å²) in [5.74, 6) is 1.16. The number of nitro groups is 1. The number of anilines is 1. The van der Waals surface area contributed by atoms with Crippen LogP contribution in [0, 0.1) is 20.6 Å². The van der Waals surface area contributed by atoms with Crippen molar-refractivity contribution >= 4 is 34.1 Å². The van der Waals surface area contributed by atoms with Crippen LogP contribution in [0.5, 0.6) is 5.75 Å². The van der Waals surface area contributed by atoms with E-state index in [2.05, 4.69) is 32.9 Å². The Balaban J connectivity index is 1.82. The van der Waals surface area contributed by atoms with Crippen LogP contribution in [0.3, 0.4) is 0 Å². The fraction of sp³-hybridized carbons (Fsp3) is 0.267. The van der Waals surface area contributed by atoms with E-state index in [0.29, 0.717) is 17.1 Å². The van der Waals surface area contributed by atoms with Crippen molar-refractivity contribution in [3.8, 4) is 5.75 Å². The van der Waals surface area contributed by atoms with E-state index in [4.69, 9.17) is 4.74 Å². The van der Waals surface area contributed by atoms with Gasteiger partial charge in [0.25, 0.3) is 5.69 Å². The van der Waals surface area contributed by atoms with Crippen LogP contribution in [-0.2, 0) is 0 Å². The monoisotopic (exact) mass is 429 g/mol. The predicted molar refractivity (Wildman–Crippen MR) is 94.8 cm³/mol. The maximum absolute atomic E-state index is 10.7. The zero-order valence-electron chi connectivity index (χ0n) is 12.4. The van der Waals surface area contributed by atoms with Crippen LogP contribution in [0.15, 0.2) is 36.5 Å². The number of benzene rings is 1. The maximum atomic E-state index is 10.7. The highest BCUT2D eigenvalue weighted by atomic mass is 127. The molecule has 8 heteroatoms. The number of aliphatic hydroxyl groups is 1. The smallest absolute Gasteiger partial charge is 0.290 e. The number of pyridine rings is 1. The summed E-state index contributed by atoms with van der Waals surface area (Å²) in [5.41, 5.74) is 0.482. The molecular weight excluding hydrogens is 413 g/mol. The molecule has 0 radical (unpaired) electrons. The van der Waals surface area contributed by atoms with E-state index < -0.39 is 11.0 Å². The molecule has 0 saturated heterocycles. The third kappa shape index (κ3) is 5.32. The Kier molecular flexibility index (Phi) is 6.11. The van der Waals surface area contributed by atoms with Gasteiger partial charge in [-0.05, 0) is 59.8 Å². The number of hydrogen-bond donors (Lipinski definition) is 2. The molecule has 2 N–H and O–H groups in total. The van der Waals surface area contributed by atoms with Gasteiger partial charge in [-0.15, -0.1) is 0 Å². The average Bonchev–Trinajstić information content (AvgIpc) is 2.52. The van der Waals surface area contributed by atoms with Crippen LogP contribution in [0.2, 0.25) is 0 Å². The number of aromatic nitrogens is 1. The van der Waals surface area contributed by atoms with Crippen LogP contribution >= 0.6 is 22.6 Å². The van der Waals surface area contributed by atoms with E-state index in [0.717, 1.165) is 3.57 Å². The topological polar surface area (TPSA) is 97.5 Å². The number of rotatable bonds is 7. The minimum atomic E-state index is -0.730. The molecule has 122 valence electrons. The summed E-state index contributed by atoms with van der Waals surface area (Å²) in [6.45, 7) is 2.01. The molecular formula is C15H16IN3O4. The summed E-state index contributed by atoms with van der Waals surface area (Å²) >= 11 is 2.20. The lowest BCUT2D eigenvalue weighted by molar-refractivity contribution is -0.385. The molecule has 0 aliphatic rings. The molecule has 2 aromatic rings. The number of aryl methyl sites for hydroxylation is 1. The molecule has 0 aliphatic carbocycles. The van der Waals surface area contributed by atoms with Gasteiger partial charge >= 0.3 is 0 Å². The molecule has 1 unspecified atom stereocenters. The van der Waals surface area contributed by atoms with Gasteiger partial charge in [0.2, 0.25) is 0 Å². The van der Waals surface area contributed by atoms with Crippen molar-refractivity contribution in [2.24, 2.45) is 0 Å². The van der Waals surface area contributed by atoms with E-state index in [-0.39, 0.29) is 18.8 Å². The maximum Gasteiger partial charge on any atom is 0.290 e. The van der Waals surface area contributed by atoms with Crippen molar-refractivity contribution in [1.29, 1.82) is 0 Å². The Hall–Kier alpha value is -1.94. The molecule has 1 aromatic carbocycles. The summed E-state index contributed by atoms with van der Waals surface area (Å²) in [4.78, 5) is 14.2. The van der Waals surface area contributed by atoms with Crippen LogP contribution in [0.25, 0.3) is 0 Å². The first kappa shape index (κ1) is 17.4. The van der Waals surface area contributed by atoms with Gasteiger partial charge in [0.15, 0.2) is 0 Å². The van der Waals surface area contributed by atoms with Gasteiger partial charge in [-0.25, -0.2) is 4.98 Å². The van der Waals surface area contributed by atoms with Crippen LogP contribution in [0.4, 0.5) is 11.5 Å². The van der Waals surface area contributed by atoms with Crippen LogP contribution < -0.4 is 10.1 Å². The second-order valence-corrected chi connectivity index (χ2v) is 6.16. The van der Waals surface area contributed by atoms with Crippen molar-refractivity contribution in [3.05, 3.63) is 55.8 Å². The first-order valence-corrected chi connectivity index (χ1v) is 7.95. The van der Waals surface area contributed by atoms with Crippen molar-refractivity contribution in [2.45, 2.75) is 13.0 Å². The lowest BCUT2D eigenvalue weighted by atomic mass is 10.2. The summed E-state index contributed by atoms with van der Waals surface area (Å²) in [6, 6.07) is 9.09. The van der Waals surface area contributed by atoms with Gasteiger partial charge in [0.05, 0.1) is 4.92 Å². The summed E-state index contributed by atoms with van der Waals surface area (Å²) in [7, 11) is 0. The molecule has 1 aromatic heterocycles. The Morgan fingerprint density at radius 1 is 1.43 bits per heavy atom. The standard InChI is InChI=1S/C15H16IN3O4/c1-10-6-15(18-8-14(10)19(21)22)17-7-12(20)9-23-13-4-2-11(16)3-5-13/h2-6,8,12,20H,7,9H2,1H3,(H,17,18). The van der Waals surface area contributed by atoms with Crippen molar-refractivity contribution in [2.75, 3.05) is 18.5 Å². The second-order valence-electron chi connectivity index (χ2n) is 4.91. The Morgan fingerprint density at radius 3 is 2.74 bits per heavy atom. The number of nitrogens with one attached hydrogen (secondary N) is 1. The zero-order valence-corrected chi connectivity index (χ0v) is 14.6. The Labute approximate surface area is 147 Å². The van der Waals surface area contributed by atoms with Gasteiger partial charge in [0.1, 0.15) is 30.5 Å². The van der Waals surface area contributed by atoms with Crippen molar-refractivity contribution in [1.82, 2.24) is 4.98 Å². The molecule has 2 rings (SSSR count). The number of hydrogen-bond acceptors (Lipinski definition) is 6. The quantitative estimate of drug-likeness (QED) is 0.399. The Bertz CT molecular complexity index is 679. The molecule has 0 aliphatic heterocycles. The van der Waals surface area contributed by atoms with Gasteiger partial charge in [-0.1, -0.05) is 0 Å². The van der Waals surface area contributed by atoms with Gasteiger partial charge in [0, 0.05) is 15.7 Å². The fourth-order valence-corrected chi connectivity index (χ4v) is 2.20. The summed E-state index contributed by atoms with van der Waals surface area (Å²) in [5, 5.41) is 23.6. The van der Waals surface area contributed by atoms with Crippen LogP contribution in [-0.4, -0.2) is 34.3 Å². The first-order valence-electron chi connectivity index (χ1n) is 6.87. The molecule has 1 atom stereocenters. The van der Waals surface area contributed by atoms with E-state index in [1.54, 1.807) is 13.0 Å².